The third kappa shape index (κ3) is 3.35. The first-order chi connectivity index (χ1) is 11.7. The number of nitrogens with zero attached hydrogens (tertiary/aromatic N) is 2. The van der Waals surface area contributed by atoms with Gasteiger partial charge in [0, 0.05) is 12.5 Å². The summed E-state index contributed by atoms with van der Waals surface area (Å²) in [5.41, 5.74) is 1.41. The molecule has 7 nitrogen and oxygen atoms in total. The molecule has 1 aromatic carbocycles. The molecule has 0 fully saturated rings. The number of carbonyl (C=O) groups excluding carboxylic acids is 1. The Labute approximate surface area is 137 Å². The van der Waals surface area contributed by atoms with Crippen molar-refractivity contribution < 1.29 is 19.1 Å². The van der Waals surface area contributed by atoms with E-state index in [4.69, 9.17) is 9.15 Å². The van der Waals surface area contributed by atoms with Gasteiger partial charge in [-0.25, -0.2) is 4.98 Å². The molecule has 3 rings (SSSR count). The molecule has 2 N–H and O–H groups in total. The largest absolute Gasteiger partial charge is 0.507 e. The van der Waals surface area contributed by atoms with Gasteiger partial charge in [-0.1, -0.05) is 12.1 Å². The Kier molecular flexibility index (Phi) is 4.42. The molecule has 24 heavy (non-hydrogen) atoms. The highest BCUT2D eigenvalue weighted by Crippen LogP contribution is 2.23. The number of aliphatic hydroxyl groups is 1. The van der Waals surface area contributed by atoms with Crippen LogP contribution >= 0.6 is 0 Å². The standard InChI is InChI=1S/C17H15N3O4/c1-23-12-4-2-3-11(7-12)8-16-13(5-6-24-16)14(21)9-15(22)17-18-10-19-20-17/h2-7,9-10,21H,8H2,1H3,(H,18,19,20). The number of hydrogen-bond acceptors (Lipinski definition) is 6. The number of nitrogens with one attached hydrogen (secondary N) is 1. The van der Waals surface area contributed by atoms with Crippen molar-refractivity contribution in [3.8, 4) is 5.75 Å². The zero-order chi connectivity index (χ0) is 16.9. The van der Waals surface area contributed by atoms with E-state index in [0.717, 1.165) is 17.4 Å². The highest BCUT2D eigenvalue weighted by molar-refractivity contribution is 6.05. The Morgan fingerprint density at radius 2 is 2.29 bits per heavy atom. The SMILES string of the molecule is COc1cccc(Cc2occc2C(O)=CC(=O)c2ncn[nH]2)c1. The van der Waals surface area contributed by atoms with Gasteiger partial charge in [0.1, 0.15) is 23.6 Å². The molecule has 122 valence electrons. The number of H-pyrrole nitrogens is 1. The summed E-state index contributed by atoms with van der Waals surface area (Å²) in [5, 5.41) is 16.3. The lowest BCUT2D eigenvalue weighted by molar-refractivity contribution is 0.103. The van der Waals surface area contributed by atoms with E-state index in [9.17, 15) is 9.90 Å². The second-order valence-electron chi connectivity index (χ2n) is 5.01. The predicted molar refractivity (Wildman–Crippen MR) is 85.8 cm³/mol. The lowest BCUT2D eigenvalue weighted by Gasteiger charge is -2.05. The molecule has 3 aromatic rings. The van der Waals surface area contributed by atoms with Crippen molar-refractivity contribution in [1.29, 1.82) is 0 Å². The molecule has 2 aromatic heterocycles. The first kappa shape index (κ1) is 15.5. The van der Waals surface area contributed by atoms with Crippen LogP contribution in [0.2, 0.25) is 0 Å². The van der Waals surface area contributed by atoms with Crippen LogP contribution in [0.1, 0.15) is 27.5 Å². The summed E-state index contributed by atoms with van der Waals surface area (Å²) in [7, 11) is 1.60. The number of allylic oxidation sites excluding steroid dienone is 1. The molecular weight excluding hydrogens is 310 g/mol. The summed E-state index contributed by atoms with van der Waals surface area (Å²) >= 11 is 0. The minimum absolute atomic E-state index is 0.0550. The highest BCUT2D eigenvalue weighted by atomic mass is 16.5. The number of furan rings is 1. The van der Waals surface area contributed by atoms with Crippen molar-refractivity contribution in [2.24, 2.45) is 0 Å². The number of aromatic amines is 1. The van der Waals surface area contributed by atoms with Crippen LogP contribution in [0, 0.1) is 0 Å². The number of aromatic nitrogens is 3. The second-order valence-corrected chi connectivity index (χ2v) is 5.01. The Bertz CT molecular complexity index is 866. The Morgan fingerprint density at radius 1 is 1.42 bits per heavy atom. The first-order valence-electron chi connectivity index (χ1n) is 7.17. The quantitative estimate of drug-likeness (QED) is 0.410. The topological polar surface area (TPSA) is 101 Å². The lowest BCUT2D eigenvalue weighted by Crippen LogP contribution is -2.00. The van der Waals surface area contributed by atoms with Gasteiger partial charge in [-0.3, -0.25) is 9.89 Å². The van der Waals surface area contributed by atoms with Gasteiger partial charge < -0.3 is 14.3 Å². The van der Waals surface area contributed by atoms with Gasteiger partial charge >= 0.3 is 0 Å². The first-order valence-corrected chi connectivity index (χ1v) is 7.17. The fraction of sp³-hybridized carbons (Fsp3) is 0.118. The van der Waals surface area contributed by atoms with Crippen LogP contribution in [-0.2, 0) is 6.42 Å². The molecule has 0 bridgehead atoms. The summed E-state index contributed by atoms with van der Waals surface area (Å²) in [6, 6.07) is 9.14. The van der Waals surface area contributed by atoms with E-state index in [0.29, 0.717) is 17.7 Å². The van der Waals surface area contributed by atoms with Crippen LogP contribution < -0.4 is 4.74 Å². The van der Waals surface area contributed by atoms with E-state index in [2.05, 4.69) is 15.2 Å². The molecule has 0 saturated heterocycles. The van der Waals surface area contributed by atoms with E-state index >= 15 is 0 Å². The summed E-state index contributed by atoms with van der Waals surface area (Å²) in [5.74, 6) is 0.671. The van der Waals surface area contributed by atoms with Crippen molar-refractivity contribution in [1.82, 2.24) is 15.2 Å². The Morgan fingerprint density at radius 3 is 3.04 bits per heavy atom. The van der Waals surface area contributed by atoms with Gasteiger partial charge in [0.25, 0.3) is 0 Å². The molecule has 0 saturated carbocycles. The van der Waals surface area contributed by atoms with E-state index in [-0.39, 0.29) is 11.6 Å². The van der Waals surface area contributed by atoms with Crippen LogP contribution in [0.5, 0.6) is 5.75 Å². The van der Waals surface area contributed by atoms with Crippen LogP contribution in [0.15, 0.2) is 53.4 Å². The number of ketones is 1. The number of ether oxygens (including phenoxy) is 1. The maximum Gasteiger partial charge on any atom is 0.226 e. The summed E-state index contributed by atoms with van der Waals surface area (Å²) in [6.07, 6.45) is 4.23. The zero-order valence-electron chi connectivity index (χ0n) is 12.9. The predicted octanol–water partition coefficient (Wildman–Crippen LogP) is 2.78. The van der Waals surface area contributed by atoms with E-state index in [1.54, 1.807) is 13.2 Å². The molecule has 0 spiro atoms. The van der Waals surface area contributed by atoms with Crippen LogP contribution in [0.4, 0.5) is 0 Å². The Balaban J connectivity index is 1.83. The second kappa shape index (κ2) is 6.82. The molecule has 7 heteroatoms. The molecule has 0 aliphatic carbocycles. The van der Waals surface area contributed by atoms with Crippen molar-refractivity contribution in [2.75, 3.05) is 7.11 Å². The van der Waals surface area contributed by atoms with Gasteiger partial charge in [-0.2, -0.15) is 5.10 Å². The Hall–Kier alpha value is -3.35. The fourth-order valence-electron chi connectivity index (χ4n) is 2.27. The van der Waals surface area contributed by atoms with Gasteiger partial charge in [-0.05, 0) is 23.8 Å². The average Bonchev–Trinajstić information content (AvgIpc) is 3.26. The maximum atomic E-state index is 11.9. The van der Waals surface area contributed by atoms with Gasteiger partial charge in [0.2, 0.25) is 5.78 Å². The van der Waals surface area contributed by atoms with Crippen LogP contribution in [-0.4, -0.2) is 33.2 Å². The summed E-state index contributed by atoms with van der Waals surface area (Å²) < 4.78 is 10.6. The molecule has 0 aliphatic heterocycles. The normalized spacial score (nSPS) is 11.5. The van der Waals surface area contributed by atoms with E-state index < -0.39 is 5.78 Å². The minimum atomic E-state index is -0.474. The van der Waals surface area contributed by atoms with Crippen molar-refractivity contribution in [2.45, 2.75) is 6.42 Å². The molecule has 0 aliphatic rings. The number of hydrogen-bond donors (Lipinski definition) is 2. The third-order valence-electron chi connectivity index (χ3n) is 3.44. The van der Waals surface area contributed by atoms with Gasteiger partial charge in [0.05, 0.1) is 18.9 Å². The highest BCUT2D eigenvalue weighted by Gasteiger charge is 2.14. The van der Waals surface area contributed by atoms with Gasteiger partial charge in [-0.15, -0.1) is 0 Å². The van der Waals surface area contributed by atoms with Crippen LogP contribution in [0.3, 0.4) is 0 Å². The number of aliphatic hydroxyl groups excluding tert-OH is 1. The minimum Gasteiger partial charge on any atom is -0.507 e. The number of benzene rings is 1. The zero-order valence-corrected chi connectivity index (χ0v) is 12.9. The van der Waals surface area contributed by atoms with Crippen molar-refractivity contribution >= 4 is 11.5 Å². The lowest BCUT2D eigenvalue weighted by atomic mass is 10.1. The monoisotopic (exact) mass is 325 g/mol. The fourth-order valence-corrected chi connectivity index (χ4v) is 2.27. The number of rotatable bonds is 6. The van der Waals surface area contributed by atoms with E-state index in [1.807, 2.05) is 24.3 Å². The van der Waals surface area contributed by atoms with Crippen molar-refractivity contribution in [3.63, 3.8) is 0 Å². The van der Waals surface area contributed by atoms with Crippen molar-refractivity contribution in [3.05, 3.63) is 71.7 Å². The summed E-state index contributed by atoms with van der Waals surface area (Å²) in [4.78, 5) is 15.7. The summed E-state index contributed by atoms with van der Waals surface area (Å²) in [6.45, 7) is 0. The van der Waals surface area contributed by atoms with Crippen LogP contribution in [0.25, 0.3) is 5.76 Å². The smallest absolute Gasteiger partial charge is 0.226 e. The maximum absolute atomic E-state index is 11.9. The molecule has 0 unspecified atom stereocenters. The number of methoxy groups -OCH3 is 1. The molecule has 0 radical (unpaired) electrons. The molecule has 0 atom stereocenters. The average molecular weight is 325 g/mol. The number of carbonyl (C=O) groups is 1. The molecule has 2 heterocycles. The molecule has 0 amide bonds. The van der Waals surface area contributed by atoms with Gasteiger partial charge in [0.15, 0.2) is 5.82 Å². The third-order valence-corrected chi connectivity index (χ3v) is 3.44. The van der Waals surface area contributed by atoms with E-state index in [1.165, 1.54) is 12.6 Å². The molecular formula is C17H15N3O4.